The second-order valence-corrected chi connectivity index (χ2v) is 5.23. The van der Waals surface area contributed by atoms with Crippen LogP contribution in [0, 0.1) is 13.8 Å². The van der Waals surface area contributed by atoms with Crippen LogP contribution in [-0.4, -0.2) is 12.0 Å². The van der Waals surface area contributed by atoms with Gasteiger partial charge < -0.3 is 10.1 Å². The van der Waals surface area contributed by atoms with E-state index in [0.29, 0.717) is 6.61 Å². The first-order valence-corrected chi connectivity index (χ1v) is 7.11. The molecule has 2 aromatic rings. The monoisotopic (exact) mass is 283 g/mol. The Morgan fingerprint density at radius 1 is 1.05 bits per heavy atom. The first-order valence-electron chi connectivity index (χ1n) is 7.11. The summed E-state index contributed by atoms with van der Waals surface area (Å²) in [5.74, 6) is -0.249. The third-order valence-corrected chi connectivity index (χ3v) is 3.42. The van der Waals surface area contributed by atoms with Gasteiger partial charge in [-0.1, -0.05) is 48.5 Å². The van der Waals surface area contributed by atoms with Crippen LogP contribution in [0.1, 0.15) is 23.6 Å². The Morgan fingerprint density at radius 2 is 1.67 bits per heavy atom. The Hall–Kier alpha value is -2.29. The highest BCUT2D eigenvalue weighted by Gasteiger charge is 2.16. The van der Waals surface area contributed by atoms with Gasteiger partial charge in [-0.2, -0.15) is 0 Å². The molecule has 1 N–H and O–H groups in total. The van der Waals surface area contributed by atoms with Crippen LogP contribution in [0.2, 0.25) is 0 Å². The maximum Gasteiger partial charge on any atom is 0.328 e. The zero-order valence-corrected chi connectivity index (χ0v) is 12.7. The van der Waals surface area contributed by atoms with Crippen LogP contribution in [0.3, 0.4) is 0 Å². The number of aryl methyl sites for hydroxylation is 2. The topological polar surface area (TPSA) is 38.3 Å². The van der Waals surface area contributed by atoms with Crippen molar-refractivity contribution in [3.63, 3.8) is 0 Å². The van der Waals surface area contributed by atoms with E-state index in [1.165, 1.54) is 0 Å². The van der Waals surface area contributed by atoms with Gasteiger partial charge in [0.2, 0.25) is 0 Å². The fraction of sp³-hybridized carbons (Fsp3) is 0.278. The summed E-state index contributed by atoms with van der Waals surface area (Å²) in [6.07, 6.45) is 0. The molecule has 0 amide bonds. The lowest BCUT2D eigenvalue weighted by atomic mass is 10.1. The largest absolute Gasteiger partial charge is 0.459 e. The van der Waals surface area contributed by atoms with Crippen molar-refractivity contribution in [3.8, 4) is 0 Å². The highest BCUT2D eigenvalue weighted by molar-refractivity contribution is 5.79. The first kappa shape index (κ1) is 15.1. The highest BCUT2D eigenvalue weighted by atomic mass is 16.5. The number of carbonyl (C=O) groups is 1. The number of benzene rings is 2. The van der Waals surface area contributed by atoms with Gasteiger partial charge in [0.1, 0.15) is 12.6 Å². The number of ether oxygens (including phenoxy) is 1. The molecule has 2 aromatic carbocycles. The van der Waals surface area contributed by atoms with Crippen molar-refractivity contribution in [2.45, 2.75) is 33.4 Å². The molecule has 1 atom stereocenters. The maximum absolute atomic E-state index is 12.1. The van der Waals surface area contributed by atoms with E-state index in [2.05, 4.69) is 5.32 Å². The molecule has 0 aliphatic carbocycles. The van der Waals surface area contributed by atoms with Gasteiger partial charge in [-0.3, -0.25) is 0 Å². The molecule has 3 nitrogen and oxygen atoms in total. The zero-order chi connectivity index (χ0) is 15.2. The van der Waals surface area contributed by atoms with Crippen LogP contribution < -0.4 is 5.32 Å². The van der Waals surface area contributed by atoms with Gasteiger partial charge in [0, 0.05) is 5.69 Å². The quantitative estimate of drug-likeness (QED) is 0.847. The number of carbonyl (C=O) groups excluding carboxylic acids is 1. The molecular formula is C18H21NO2. The van der Waals surface area contributed by atoms with Gasteiger partial charge in [0.15, 0.2) is 0 Å². The lowest BCUT2D eigenvalue weighted by Gasteiger charge is -2.18. The minimum Gasteiger partial charge on any atom is -0.459 e. The fourth-order valence-corrected chi connectivity index (χ4v) is 2.17. The molecule has 0 aliphatic rings. The van der Waals surface area contributed by atoms with Gasteiger partial charge in [-0.25, -0.2) is 4.79 Å². The second-order valence-electron chi connectivity index (χ2n) is 5.23. The van der Waals surface area contributed by atoms with Crippen LogP contribution in [0.4, 0.5) is 5.69 Å². The molecule has 0 heterocycles. The Balaban J connectivity index is 1.94. The average Bonchev–Trinajstić information content (AvgIpc) is 2.49. The van der Waals surface area contributed by atoms with E-state index in [1.54, 1.807) is 0 Å². The van der Waals surface area contributed by atoms with Crippen molar-refractivity contribution < 1.29 is 9.53 Å². The predicted octanol–water partition coefficient (Wildman–Crippen LogP) is 3.85. The van der Waals surface area contributed by atoms with E-state index in [9.17, 15) is 4.79 Å². The van der Waals surface area contributed by atoms with E-state index in [1.807, 2.05) is 69.3 Å². The summed E-state index contributed by atoms with van der Waals surface area (Å²) in [6.45, 7) is 6.17. The van der Waals surface area contributed by atoms with Crippen molar-refractivity contribution in [1.29, 1.82) is 0 Å². The molecule has 0 unspecified atom stereocenters. The van der Waals surface area contributed by atoms with Crippen molar-refractivity contribution >= 4 is 11.7 Å². The molecule has 0 spiro atoms. The lowest BCUT2D eigenvalue weighted by Crippen LogP contribution is -2.28. The molecule has 21 heavy (non-hydrogen) atoms. The maximum atomic E-state index is 12.1. The van der Waals surface area contributed by atoms with E-state index in [4.69, 9.17) is 4.74 Å². The summed E-state index contributed by atoms with van der Waals surface area (Å²) in [7, 11) is 0. The summed E-state index contributed by atoms with van der Waals surface area (Å²) in [6, 6.07) is 15.4. The Kier molecular flexibility index (Phi) is 4.99. The number of hydrogen-bond acceptors (Lipinski definition) is 3. The van der Waals surface area contributed by atoms with Crippen molar-refractivity contribution in [3.05, 3.63) is 65.2 Å². The van der Waals surface area contributed by atoms with E-state index in [-0.39, 0.29) is 12.0 Å². The summed E-state index contributed by atoms with van der Waals surface area (Å²) in [5.41, 5.74) is 4.24. The molecule has 110 valence electrons. The van der Waals surface area contributed by atoms with Gasteiger partial charge in [-0.15, -0.1) is 0 Å². The predicted molar refractivity (Wildman–Crippen MR) is 85.2 cm³/mol. The third kappa shape index (κ3) is 4.09. The standard InChI is InChI=1S/C18H21NO2/c1-13-8-7-9-14(2)17(13)19-15(3)18(20)21-12-16-10-5-4-6-11-16/h4-11,15,19H,12H2,1-3H3/t15-/m0/s1. The minimum atomic E-state index is -0.381. The van der Waals surface area contributed by atoms with Gasteiger partial charge in [0.25, 0.3) is 0 Å². The molecule has 0 aromatic heterocycles. The summed E-state index contributed by atoms with van der Waals surface area (Å²) in [5, 5.41) is 3.24. The number of hydrogen-bond donors (Lipinski definition) is 1. The van der Waals surface area contributed by atoms with Gasteiger partial charge in [-0.05, 0) is 37.5 Å². The van der Waals surface area contributed by atoms with E-state index >= 15 is 0 Å². The van der Waals surface area contributed by atoms with Crippen molar-refractivity contribution in [2.75, 3.05) is 5.32 Å². The molecule has 0 saturated heterocycles. The fourth-order valence-electron chi connectivity index (χ4n) is 2.17. The molecule has 2 rings (SSSR count). The molecule has 0 aliphatic heterocycles. The highest BCUT2D eigenvalue weighted by Crippen LogP contribution is 2.20. The summed E-state index contributed by atoms with van der Waals surface area (Å²) < 4.78 is 5.34. The van der Waals surface area contributed by atoms with Crippen molar-refractivity contribution in [1.82, 2.24) is 0 Å². The van der Waals surface area contributed by atoms with Crippen LogP contribution in [0.15, 0.2) is 48.5 Å². The Labute approximate surface area is 126 Å². The number of anilines is 1. The van der Waals surface area contributed by atoms with Crippen molar-refractivity contribution in [2.24, 2.45) is 0 Å². The molecule has 0 radical (unpaired) electrons. The van der Waals surface area contributed by atoms with Gasteiger partial charge >= 0.3 is 5.97 Å². The third-order valence-electron chi connectivity index (χ3n) is 3.42. The van der Waals surface area contributed by atoms with Gasteiger partial charge in [0.05, 0.1) is 0 Å². The number of rotatable bonds is 5. The molecular weight excluding hydrogens is 262 g/mol. The van der Waals surface area contributed by atoms with Crippen LogP contribution in [0.25, 0.3) is 0 Å². The Bertz CT molecular complexity index is 588. The lowest BCUT2D eigenvalue weighted by molar-refractivity contribution is -0.145. The number of esters is 1. The zero-order valence-electron chi connectivity index (χ0n) is 12.7. The first-order chi connectivity index (χ1) is 10.1. The second kappa shape index (κ2) is 6.93. The minimum absolute atomic E-state index is 0.249. The summed E-state index contributed by atoms with van der Waals surface area (Å²) >= 11 is 0. The molecule has 3 heteroatoms. The molecule has 0 bridgehead atoms. The number of para-hydroxylation sites is 1. The molecule has 0 saturated carbocycles. The smallest absolute Gasteiger partial charge is 0.328 e. The Morgan fingerprint density at radius 3 is 2.29 bits per heavy atom. The normalized spacial score (nSPS) is 11.8. The molecule has 0 fully saturated rings. The van der Waals surface area contributed by atoms with E-state index in [0.717, 1.165) is 22.4 Å². The van der Waals surface area contributed by atoms with Crippen LogP contribution >= 0.6 is 0 Å². The SMILES string of the molecule is Cc1cccc(C)c1N[C@@H](C)C(=O)OCc1ccccc1. The van der Waals surface area contributed by atoms with E-state index < -0.39 is 0 Å². The van der Waals surface area contributed by atoms with Crippen LogP contribution in [-0.2, 0) is 16.1 Å². The summed E-state index contributed by atoms with van der Waals surface area (Å²) in [4.78, 5) is 12.1. The average molecular weight is 283 g/mol. The van der Waals surface area contributed by atoms with Crippen LogP contribution in [0.5, 0.6) is 0 Å². The number of nitrogens with one attached hydrogen (secondary N) is 1.